The van der Waals surface area contributed by atoms with Gasteiger partial charge in [0.05, 0.1) is 10.5 Å². The number of hydrogen-bond donors (Lipinski definition) is 2. The first-order valence-corrected chi connectivity index (χ1v) is 7.28. The number of aromatic nitrogens is 1. The number of halogens is 1. The van der Waals surface area contributed by atoms with Crippen LogP contribution in [0, 0.1) is 0 Å². The van der Waals surface area contributed by atoms with Crippen LogP contribution in [-0.2, 0) is 10.0 Å². The van der Waals surface area contributed by atoms with Gasteiger partial charge in [-0.3, -0.25) is 4.98 Å². The van der Waals surface area contributed by atoms with Crippen molar-refractivity contribution < 1.29 is 8.42 Å². The summed E-state index contributed by atoms with van der Waals surface area (Å²) in [4.78, 5) is 3.92. The van der Waals surface area contributed by atoms with Gasteiger partial charge in [0.2, 0.25) is 10.0 Å². The largest absolute Gasteiger partial charge is 0.392 e. The molecule has 1 aromatic rings. The zero-order valence-corrected chi connectivity index (χ0v) is 12.5. The summed E-state index contributed by atoms with van der Waals surface area (Å²) < 4.78 is 27.0. The SMILES string of the molecule is CC(C)(NS(=O)(=O)c1cncc(Br)c1)C(N)=S. The van der Waals surface area contributed by atoms with Crippen molar-refractivity contribution in [2.24, 2.45) is 5.73 Å². The lowest BCUT2D eigenvalue weighted by atomic mass is 10.1. The molecule has 0 aromatic carbocycles. The summed E-state index contributed by atoms with van der Waals surface area (Å²) in [5, 5.41) is 0. The molecule has 0 saturated carbocycles. The molecule has 0 fully saturated rings. The van der Waals surface area contributed by atoms with Crippen LogP contribution in [0.3, 0.4) is 0 Å². The number of pyridine rings is 1. The van der Waals surface area contributed by atoms with E-state index in [0.717, 1.165) is 0 Å². The zero-order valence-electron chi connectivity index (χ0n) is 9.27. The summed E-state index contributed by atoms with van der Waals surface area (Å²) >= 11 is 7.96. The van der Waals surface area contributed by atoms with Gasteiger partial charge in [0.1, 0.15) is 4.90 Å². The molecule has 0 bridgehead atoms. The van der Waals surface area contributed by atoms with Crippen molar-refractivity contribution in [1.29, 1.82) is 0 Å². The Morgan fingerprint density at radius 2 is 2.12 bits per heavy atom. The quantitative estimate of drug-likeness (QED) is 0.806. The number of nitrogens with zero attached hydrogens (tertiary/aromatic N) is 1. The smallest absolute Gasteiger partial charge is 0.243 e. The third-order valence-corrected chi connectivity index (χ3v) is 4.56. The third-order valence-electron chi connectivity index (χ3n) is 2.00. The fraction of sp³-hybridized carbons (Fsp3) is 0.333. The van der Waals surface area contributed by atoms with Crippen LogP contribution in [0.2, 0.25) is 0 Å². The molecule has 0 unspecified atom stereocenters. The van der Waals surface area contributed by atoms with Crippen molar-refractivity contribution in [2.75, 3.05) is 0 Å². The van der Waals surface area contributed by atoms with Crippen LogP contribution in [-0.4, -0.2) is 23.9 Å². The number of nitrogens with two attached hydrogens (primary N) is 1. The Hall–Kier alpha value is -0.570. The topological polar surface area (TPSA) is 85.1 Å². The van der Waals surface area contributed by atoms with Crippen molar-refractivity contribution >= 4 is 43.2 Å². The van der Waals surface area contributed by atoms with Gasteiger partial charge in [-0.15, -0.1) is 0 Å². The molecule has 0 atom stereocenters. The lowest BCUT2D eigenvalue weighted by Crippen LogP contribution is -2.51. The first kappa shape index (κ1) is 14.5. The second-order valence-corrected chi connectivity index (χ2v) is 6.97. The van der Waals surface area contributed by atoms with Crippen LogP contribution >= 0.6 is 28.1 Å². The molecular weight excluding hydrogens is 326 g/mol. The van der Waals surface area contributed by atoms with Gasteiger partial charge in [-0.2, -0.15) is 4.72 Å². The fourth-order valence-corrected chi connectivity index (χ4v) is 3.00. The van der Waals surface area contributed by atoms with Gasteiger partial charge >= 0.3 is 0 Å². The summed E-state index contributed by atoms with van der Waals surface area (Å²) in [6.07, 6.45) is 2.75. The van der Waals surface area contributed by atoms with Crippen molar-refractivity contribution in [3.05, 3.63) is 22.9 Å². The van der Waals surface area contributed by atoms with Crippen LogP contribution in [0.1, 0.15) is 13.8 Å². The molecule has 1 aromatic heterocycles. The first-order chi connectivity index (χ1) is 7.65. The molecule has 0 aliphatic carbocycles. The lowest BCUT2D eigenvalue weighted by molar-refractivity contribution is 0.546. The summed E-state index contributed by atoms with van der Waals surface area (Å²) in [7, 11) is -3.70. The van der Waals surface area contributed by atoms with Crippen LogP contribution in [0.25, 0.3) is 0 Å². The number of thiocarbonyl (C=S) groups is 1. The van der Waals surface area contributed by atoms with Crippen LogP contribution in [0.15, 0.2) is 27.8 Å². The highest BCUT2D eigenvalue weighted by molar-refractivity contribution is 9.10. The van der Waals surface area contributed by atoms with E-state index in [0.29, 0.717) is 4.47 Å². The standard InChI is InChI=1S/C9H12BrN3O2S2/c1-9(2,8(11)16)13-17(14,15)7-3-6(10)4-12-5-7/h3-5,13H,1-2H3,(H2,11,16). The Kier molecular flexibility index (Phi) is 4.23. The van der Waals surface area contributed by atoms with Crippen molar-refractivity contribution in [3.63, 3.8) is 0 Å². The van der Waals surface area contributed by atoms with E-state index in [1.54, 1.807) is 13.8 Å². The molecule has 94 valence electrons. The predicted octanol–water partition coefficient (Wildman–Crippen LogP) is 1.19. The molecule has 0 radical (unpaired) electrons. The highest BCUT2D eigenvalue weighted by atomic mass is 79.9. The van der Waals surface area contributed by atoms with Crippen LogP contribution in [0.4, 0.5) is 0 Å². The lowest BCUT2D eigenvalue weighted by Gasteiger charge is -2.24. The average molecular weight is 338 g/mol. The first-order valence-electron chi connectivity index (χ1n) is 4.59. The minimum Gasteiger partial charge on any atom is -0.392 e. The van der Waals surface area contributed by atoms with Gasteiger partial charge in [-0.25, -0.2) is 8.42 Å². The van der Waals surface area contributed by atoms with E-state index >= 15 is 0 Å². The van der Waals surface area contributed by atoms with Gasteiger partial charge < -0.3 is 5.73 Å². The van der Waals surface area contributed by atoms with E-state index in [4.69, 9.17) is 18.0 Å². The highest BCUT2D eigenvalue weighted by Gasteiger charge is 2.28. The number of rotatable bonds is 4. The highest BCUT2D eigenvalue weighted by Crippen LogP contribution is 2.16. The average Bonchev–Trinajstić information content (AvgIpc) is 2.15. The maximum Gasteiger partial charge on any atom is 0.243 e. The van der Waals surface area contributed by atoms with Gasteiger partial charge in [-0.1, -0.05) is 12.2 Å². The summed E-state index contributed by atoms with van der Waals surface area (Å²) in [5.41, 5.74) is 4.48. The second kappa shape index (κ2) is 4.97. The minimum atomic E-state index is -3.70. The molecule has 0 aliphatic heterocycles. The molecule has 0 saturated heterocycles. The van der Waals surface area contributed by atoms with Crippen molar-refractivity contribution in [2.45, 2.75) is 24.3 Å². The Morgan fingerprint density at radius 3 is 2.59 bits per heavy atom. The van der Waals surface area contributed by atoms with E-state index in [1.165, 1.54) is 18.5 Å². The molecule has 5 nitrogen and oxygen atoms in total. The van der Waals surface area contributed by atoms with Gasteiger partial charge in [0.25, 0.3) is 0 Å². The number of nitrogens with one attached hydrogen (secondary N) is 1. The normalized spacial score (nSPS) is 12.4. The van der Waals surface area contributed by atoms with Crippen LogP contribution in [0.5, 0.6) is 0 Å². The molecular formula is C9H12BrN3O2S2. The summed E-state index contributed by atoms with van der Waals surface area (Å²) in [6, 6.07) is 1.45. The number of sulfonamides is 1. The molecule has 0 aliphatic rings. The molecule has 17 heavy (non-hydrogen) atoms. The summed E-state index contributed by atoms with van der Waals surface area (Å²) in [5.74, 6) is 0. The van der Waals surface area contributed by atoms with E-state index in [9.17, 15) is 8.42 Å². The predicted molar refractivity (Wildman–Crippen MR) is 73.1 cm³/mol. The molecule has 0 spiro atoms. The van der Waals surface area contributed by atoms with E-state index in [2.05, 4.69) is 25.6 Å². The second-order valence-electron chi connectivity index (χ2n) is 3.93. The molecule has 8 heteroatoms. The van der Waals surface area contributed by atoms with Crippen LogP contribution < -0.4 is 10.5 Å². The Bertz CT molecular complexity index is 543. The van der Waals surface area contributed by atoms with E-state index < -0.39 is 15.6 Å². The molecule has 1 rings (SSSR count). The minimum absolute atomic E-state index is 0.0520. The van der Waals surface area contributed by atoms with Gasteiger partial charge in [-0.05, 0) is 35.8 Å². The molecule has 0 amide bonds. The zero-order chi connectivity index (χ0) is 13.3. The Balaban J connectivity index is 3.10. The molecule has 1 heterocycles. The maximum atomic E-state index is 12.0. The van der Waals surface area contributed by atoms with Crippen molar-refractivity contribution in [3.8, 4) is 0 Å². The third kappa shape index (κ3) is 3.70. The van der Waals surface area contributed by atoms with Crippen molar-refractivity contribution in [1.82, 2.24) is 9.71 Å². The summed E-state index contributed by atoms with van der Waals surface area (Å²) in [6.45, 7) is 3.19. The van der Waals surface area contributed by atoms with Gasteiger partial charge in [0, 0.05) is 16.9 Å². The maximum absolute atomic E-state index is 12.0. The Labute approximate surface area is 114 Å². The monoisotopic (exact) mass is 337 g/mol. The van der Waals surface area contributed by atoms with Gasteiger partial charge in [0.15, 0.2) is 0 Å². The van der Waals surface area contributed by atoms with E-state index in [1.807, 2.05) is 0 Å². The molecule has 3 N–H and O–H groups in total. The number of hydrogen-bond acceptors (Lipinski definition) is 4. The van der Waals surface area contributed by atoms with E-state index in [-0.39, 0.29) is 9.88 Å². The fourth-order valence-electron chi connectivity index (χ4n) is 0.984. The Morgan fingerprint density at radius 1 is 1.53 bits per heavy atom.